The summed E-state index contributed by atoms with van der Waals surface area (Å²) < 4.78 is 41.7. The van der Waals surface area contributed by atoms with Crippen molar-refractivity contribution in [3.05, 3.63) is 107 Å². The third kappa shape index (κ3) is 9.17. The van der Waals surface area contributed by atoms with Gasteiger partial charge in [0.1, 0.15) is 11.5 Å². The van der Waals surface area contributed by atoms with Crippen LogP contribution in [0.5, 0.6) is 11.5 Å². The highest BCUT2D eigenvalue weighted by Crippen LogP contribution is 2.30. The highest BCUT2D eigenvalue weighted by atomic mass is 35.5. The van der Waals surface area contributed by atoms with E-state index in [-0.39, 0.29) is 30.5 Å². The molecule has 0 aliphatic rings. The number of halogens is 1. The standard InChI is InChI=1S/C36H39ClN6O5S/c1-25-33(34-22-31(47-4)16-19-35(34)43(25)24-48-30-14-6-26(37)7-15-30)23-36(44)38-20-5-21-39-49(45,46)32-17-10-28(11-18-32)41-40-27-8-12-29(13-9-27)42(2)3/h6-19,22,39H,5,20-21,23-24H2,1-4H3,(H,38,44)/b41-40+. The molecule has 0 saturated heterocycles. The Labute approximate surface area is 291 Å². The first kappa shape index (κ1) is 35.4. The van der Waals surface area contributed by atoms with Gasteiger partial charge in [0.15, 0.2) is 6.73 Å². The smallest absolute Gasteiger partial charge is 0.240 e. The predicted octanol–water partition coefficient (Wildman–Crippen LogP) is 7.16. The molecule has 5 aromatic rings. The third-order valence-electron chi connectivity index (χ3n) is 7.93. The fourth-order valence-corrected chi connectivity index (χ4v) is 6.37. The number of fused-ring (bicyclic) bond motifs is 1. The Morgan fingerprint density at radius 1 is 0.878 bits per heavy atom. The third-order valence-corrected chi connectivity index (χ3v) is 9.66. The van der Waals surface area contributed by atoms with E-state index in [1.54, 1.807) is 43.5 Å². The SMILES string of the molecule is COc1ccc2c(c1)c(CC(=O)NCCCNS(=O)(=O)c1ccc(/N=N/c3ccc(N(C)C)cc3)cc1)c(C)n2COc1ccc(Cl)cc1. The van der Waals surface area contributed by atoms with Crippen molar-refractivity contribution in [2.24, 2.45) is 10.2 Å². The molecule has 11 nitrogen and oxygen atoms in total. The van der Waals surface area contributed by atoms with Crippen LogP contribution in [0.25, 0.3) is 10.9 Å². The molecule has 0 atom stereocenters. The number of ether oxygens (including phenoxy) is 2. The van der Waals surface area contributed by atoms with Gasteiger partial charge in [0.05, 0.1) is 35.3 Å². The van der Waals surface area contributed by atoms with Crippen molar-refractivity contribution in [2.45, 2.75) is 31.4 Å². The first-order valence-electron chi connectivity index (χ1n) is 15.6. The van der Waals surface area contributed by atoms with Gasteiger partial charge < -0.3 is 24.3 Å². The second-order valence-electron chi connectivity index (χ2n) is 11.5. The summed E-state index contributed by atoms with van der Waals surface area (Å²) in [5.74, 6) is 1.18. The number of rotatable bonds is 15. The van der Waals surface area contributed by atoms with Gasteiger partial charge in [-0.05, 0) is 110 Å². The summed E-state index contributed by atoms with van der Waals surface area (Å²) in [7, 11) is 1.78. The minimum atomic E-state index is -3.74. The van der Waals surface area contributed by atoms with E-state index in [0.717, 1.165) is 27.8 Å². The summed E-state index contributed by atoms with van der Waals surface area (Å²) in [5, 5.41) is 12.9. The fraction of sp³-hybridized carbons (Fsp3) is 0.250. The van der Waals surface area contributed by atoms with Crippen LogP contribution in [0.3, 0.4) is 0 Å². The van der Waals surface area contributed by atoms with Crippen LogP contribution in [0.4, 0.5) is 17.1 Å². The highest BCUT2D eigenvalue weighted by Gasteiger charge is 2.18. The number of carbonyl (C=O) groups is 1. The zero-order chi connectivity index (χ0) is 35.0. The molecule has 0 saturated carbocycles. The van der Waals surface area contributed by atoms with Crippen LogP contribution in [-0.2, 0) is 28.0 Å². The molecule has 5 rings (SSSR count). The zero-order valence-corrected chi connectivity index (χ0v) is 29.4. The van der Waals surface area contributed by atoms with E-state index >= 15 is 0 Å². The average molecular weight is 703 g/mol. The average Bonchev–Trinajstić information content (AvgIpc) is 3.36. The van der Waals surface area contributed by atoms with E-state index in [9.17, 15) is 13.2 Å². The summed E-state index contributed by atoms with van der Waals surface area (Å²) in [6.45, 7) is 2.66. The monoisotopic (exact) mass is 702 g/mol. The molecule has 0 fully saturated rings. The van der Waals surface area contributed by atoms with Crippen molar-refractivity contribution in [1.82, 2.24) is 14.6 Å². The zero-order valence-electron chi connectivity index (χ0n) is 27.8. The number of anilines is 1. The molecule has 0 aliphatic heterocycles. The number of benzene rings is 4. The Kier molecular flexibility index (Phi) is 11.6. The lowest BCUT2D eigenvalue weighted by Gasteiger charge is -2.11. The second kappa shape index (κ2) is 16.0. The van der Waals surface area contributed by atoms with Crippen LogP contribution in [0.15, 0.2) is 106 Å². The van der Waals surface area contributed by atoms with Crippen LogP contribution < -0.4 is 24.4 Å². The largest absolute Gasteiger partial charge is 0.497 e. The number of nitrogens with one attached hydrogen (secondary N) is 2. The maximum absolute atomic E-state index is 13.0. The number of hydrogen-bond donors (Lipinski definition) is 2. The van der Waals surface area contributed by atoms with Crippen molar-refractivity contribution in [3.8, 4) is 11.5 Å². The van der Waals surface area contributed by atoms with E-state index in [1.807, 2.05) is 73.0 Å². The maximum Gasteiger partial charge on any atom is 0.240 e. The lowest BCUT2D eigenvalue weighted by Crippen LogP contribution is -2.30. The van der Waals surface area contributed by atoms with Crippen LogP contribution in [0, 0.1) is 6.92 Å². The van der Waals surface area contributed by atoms with Crippen LogP contribution in [-0.4, -0.2) is 53.2 Å². The van der Waals surface area contributed by atoms with Crippen molar-refractivity contribution in [2.75, 3.05) is 39.2 Å². The number of hydrogen-bond acceptors (Lipinski definition) is 8. The molecule has 0 spiro atoms. The van der Waals surface area contributed by atoms with Crippen LogP contribution in [0.1, 0.15) is 17.7 Å². The Morgan fingerprint density at radius 2 is 1.51 bits per heavy atom. The molecule has 13 heteroatoms. The number of methoxy groups -OCH3 is 1. The summed E-state index contributed by atoms with van der Waals surface area (Å²) >= 11 is 6.00. The molecule has 1 amide bonds. The quantitative estimate of drug-likeness (QED) is 0.0881. The van der Waals surface area contributed by atoms with Gasteiger partial charge in [0.2, 0.25) is 15.9 Å². The van der Waals surface area contributed by atoms with Crippen molar-refractivity contribution >= 4 is 55.5 Å². The number of amides is 1. The fourth-order valence-electron chi connectivity index (χ4n) is 5.17. The molecule has 256 valence electrons. The van der Waals surface area contributed by atoms with Crippen molar-refractivity contribution in [3.63, 3.8) is 0 Å². The van der Waals surface area contributed by atoms with Crippen molar-refractivity contribution in [1.29, 1.82) is 0 Å². The number of nitrogens with zero attached hydrogens (tertiary/aromatic N) is 4. The van der Waals surface area contributed by atoms with Gasteiger partial charge in [0, 0.05) is 49.0 Å². The lowest BCUT2D eigenvalue weighted by atomic mass is 10.1. The number of aromatic nitrogens is 1. The first-order chi connectivity index (χ1) is 23.5. The Hall–Kier alpha value is -4.91. The number of sulfonamides is 1. The molecular weight excluding hydrogens is 664 g/mol. The topological polar surface area (TPSA) is 127 Å². The molecule has 1 heterocycles. The van der Waals surface area contributed by atoms with Gasteiger partial charge >= 0.3 is 0 Å². The van der Waals surface area contributed by atoms with E-state index in [0.29, 0.717) is 40.9 Å². The molecule has 49 heavy (non-hydrogen) atoms. The summed E-state index contributed by atoms with van der Waals surface area (Å²) in [4.78, 5) is 15.1. The van der Waals surface area contributed by atoms with Gasteiger partial charge in [-0.1, -0.05) is 11.6 Å². The molecule has 2 N–H and O–H groups in total. The van der Waals surface area contributed by atoms with E-state index < -0.39 is 10.0 Å². The Bertz CT molecular complexity index is 2030. The van der Waals surface area contributed by atoms with Gasteiger partial charge in [0.25, 0.3) is 0 Å². The molecule has 1 aromatic heterocycles. The maximum atomic E-state index is 13.0. The minimum Gasteiger partial charge on any atom is -0.497 e. The van der Waals surface area contributed by atoms with Gasteiger partial charge in [-0.15, -0.1) is 0 Å². The minimum absolute atomic E-state index is 0.119. The lowest BCUT2D eigenvalue weighted by molar-refractivity contribution is -0.120. The van der Waals surface area contributed by atoms with Gasteiger partial charge in [-0.2, -0.15) is 10.2 Å². The number of carbonyl (C=O) groups excluding carboxylic acids is 1. The first-order valence-corrected chi connectivity index (χ1v) is 17.5. The van der Waals surface area contributed by atoms with Crippen LogP contribution >= 0.6 is 11.6 Å². The molecular formula is C36H39ClN6O5S. The normalized spacial score (nSPS) is 11.6. The molecule has 4 aromatic carbocycles. The molecule has 0 bridgehead atoms. The summed E-state index contributed by atoms with van der Waals surface area (Å²) in [5.41, 5.74) is 4.94. The molecule has 0 radical (unpaired) electrons. The van der Waals surface area contributed by atoms with Crippen molar-refractivity contribution < 1.29 is 22.7 Å². The molecule has 0 unspecified atom stereocenters. The highest BCUT2D eigenvalue weighted by molar-refractivity contribution is 7.89. The van der Waals surface area contributed by atoms with E-state index in [2.05, 4.69) is 20.3 Å². The van der Waals surface area contributed by atoms with Gasteiger partial charge in [-0.25, -0.2) is 13.1 Å². The predicted molar refractivity (Wildman–Crippen MR) is 193 cm³/mol. The van der Waals surface area contributed by atoms with E-state index in [4.69, 9.17) is 21.1 Å². The van der Waals surface area contributed by atoms with E-state index in [1.165, 1.54) is 12.1 Å². The van der Waals surface area contributed by atoms with Crippen LogP contribution in [0.2, 0.25) is 5.02 Å². The second-order valence-corrected chi connectivity index (χ2v) is 13.7. The Morgan fingerprint density at radius 3 is 2.14 bits per heavy atom. The molecule has 0 aliphatic carbocycles. The number of azo groups is 1. The summed E-state index contributed by atoms with van der Waals surface area (Å²) in [6.07, 6.45) is 0.549. The Balaban J connectivity index is 1.13. The summed E-state index contributed by atoms with van der Waals surface area (Å²) in [6, 6.07) is 26.7. The van der Waals surface area contributed by atoms with Gasteiger partial charge in [-0.3, -0.25) is 4.79 Å².